The summed E-state index contributed by atoms with van der Waals surface area (Å²) in [7, 11) is 1.86. The number of carbonyl (C=O) groups excluding carboxylic acids is 1. The first-order chi connectivity index (χ1) is 14.9. The van der Waals surface area contributed by atoms with Gasteiger partial charge in [0.1, 0.15) is 15.7 Å². The molecule has 1 fully saturated rings. The van der Waals surface area contributed by atoms with Crippen LogP contribution >= 0.6 is 23.1 Å². The van der Waals surface area contributed by atoms with E-state index >= 15 is 0 Å². The van der Waals surface area contributed by atoms with E-state index in [1.807, 2.05) is 14.0 Å². The van der Waals surface area contributed by atoms with Crippen LogP contribution in [-0.2, 0) is 16.1 Å². The van der Waals surface area contributed by atoms with Crippen molar-refractivity contribution in [1.82, 2.24) is 14.9 Å². The molecule has 1 aromatic carbocycles. The standard InChI is InChI=1S/C23H28N4O2S2/c1-15-16(2)31-23-21(15)22(24-17(3)25-23)30-14-20(28)26(4)13-18-5-7-19(8-6-18)27-9-11-29-12-10-27/h5-8H,9-14H2,1-4H3. The monoisotopic (exact) mass is 456 g/mol. The van der Waals surface area contributed by atoms with Gasteiger partial charge in [0.15, 0.2) is 0 Å². The van der Waals surface area contributed by atoms with Crippen molar-refractivity contribution in [3.05, 3.63) is 46.1 Å². The number of amides is 1. The third kappa shape index (κ3) is 5.02. The first-order valence-corrected chi connectivity index (χ1v) is 12.3. The van der Waals surface area contributed by atoms with Gasteiger partial charge in [0.2, 0.25) is 5.91 Å². The van der Waals surface area contributed by atoms with E-state index in [9.17, 15) is 4.79 Å². The number of rotatable bonds is 6. The maximum Gasteiger partial charge on any atom is 0.233 e. The highest BCUT2D eigenvalue weighted by atomic mass is 32.2. The molecule has 0 bridgehead atoms. The molecule has 1 aliphatic heterocycles. The van der Waals surface area contributed by atoms with E-state index in [2.05, 4.69) is 53.0 Å². The van der Waals surface area contributed by atoms with E-state index in [0.29, 0.717) is 12.3 Å². The van der Waals surface area contributed by atoms with Gasteiger partial charge in [-0.1, -0.05) is 23.9 Å². The van der Waals surface area contributed by atoms with Crippen LogP contribution < -0.4 is 4.90 Å². The third-order valence-corrected chi connectivity index (χ3v) is 7.66. The molecule has 8 heteroatoms. The summed E-state index contributed by atoms with van der Waals surface area (Å²) in [4.78, 5) is 28.3. The minimum atomic E-state index is 0.0938. The lowest BCUT2D eigenvalue weighted by Crippen LogP contribution is -2.36. The number of hydrogen-bond acceptors (Lipinski definition) is 7. The van der Waals surface area contributed by atoms with Gasteiger partial charge in [0, 0.05) is 42.6 Å². The fraction of sp³-hybridized carbons (Fsp3) is 0.435. The van der Waals surface area contributed by atoms with Gasteiger partial charge in [-0.25, -0.2) is 9.97 Å². The second kappa shape index (κ2) is 9.54. The number of ether oxygens (including phenoxy) is 1. The number of carbonyl (C=O) groups is 1. The molecular formula is C23H28N4O2S2. The second-order valence-electron chi connectivity index (χ2n) is 7.84. The van der Waals surface area contributed by atoms with Crippen LogP contribution in [0.4, 0.5) is 5.69 Å². The Kier molecular flexibility index (Phi) is 6.79. The van der Waals surface area contributed by atoms with Crippen molar-refractivity contribution in [1.29, 1.82) is 0 Å². The van der Waals surface area contributed by atoms with Crippen molar-refractivity contribution in [3.8, 4) is 0 Å². The Hall–Kier alpha value is -2.16. The van der Waals surface area contributed by atoms with Gasteiger partial charge in [-0.2, -0.15) is 0 Å². The van der Waals surface area contributed by atoms with Crippen LogP contribution in [0.3, 0.4) is 0 Å². The zero-order chi connectivity index (χ0) is 22.0. The Bertz CT molecular complexity index is 1080. The van der Waals surface area contributed by atoms with Gasteiger partial charge in [0.25, 0.3) is 0 Å². The normalized spacial score (nSPS) is 14.3. The van der Waals surface area contributed by atoms with E-state index in [0.717, 1.165) is 52.9 Å². The van der Waals surface area contributed by atoms with Crippen LogP contribution in [0.1, 0.15) is 21.8 Å². The molecule has 0 spiro atoms. The molecule has 0 saturated carbocycles. The average Bonchev–Trinajstić information content (AvgIpc) is 3.06. The van der Waals surface area contributed by atoms with Crippen LogP contribution in [0, 0.1) is 20.8 Å². The first-order valence-electron chi connectivity index (χ1n) is 10.4. The maximum absolute atomic E-state index is 12.8. The zero-order valence-corrected chi connectivity index (χ0v) is 20.1. The molecule has 1 saturated heterocycles. The summed E-state index contributed by atoms with van der Waals surface area (Å²) in [6.07, 6.45) is 0. The predicted octanol–water partition coefficient (Wildman–Crippen LogP) is 4.20. The Morgan fingerprint density at radius 2 is 1.87 bits per heavy atom. The molecule has 0 N–H and O–H groups in total. The smallest absolute Gasteiger partial charge is 0.233 e. The molecule has 1 aliphatic rings. The van der Waals surface area contributed by atoms with Gasteiger partial charge in [0.05, 0.1) is 19.0 Å². The molecule has 3 aromatic rings. The Morgan fingerprint density at radius 1 is 1.16 bits per heavy atom. The molecule has 1 amide bonds. The lowest BCUT2D eigenvalue weighted by atomic mass is 10.2. The quantitative estimate of drug-likeness (QED) is 0.409. The molecule has 0 radical (unpaired) electrons. The van der Waals surface area contributed by atoms with E-state index in [-0.39, 0.29) is 5.91 Å². The van der Waals surface area contributed by atoms with Crippen LogP contribution in [0.25, 0.3) is 10.2 Å². The van der Waals surface area contributed by atoms with Gasteiger partial charge in [-0.3, -0.25) is 4.79 Å². The summed E-state index contributed by atoms with van der Waals surface area (Å²) < 4.78 is 5.42. The van der Waals surface area contributed by atoms with Gasteiger partial charge in [-0.05, 0) is 44.0 Å². The van der Waals surface area contributed by atoms with E-state index in [1.54, 1.807) is 16.2 Å². The fourth-order valence-electron chi connectivity index (χ4n) is 3.65. The highest BCUT2D eigenvalue weighted by Crippen LogP contribution is 2.35. The molecule has 2 aromatic heterocycles. The molecule has 164 valence electrons. The Morgan fingerprint density at radius 3 is 2.58 bits per heavy atom. The molecule has 31 heavy (non-hydrogen) atoms. The molecule has 4 rings (SSSR count). The largest absolute Gasteiger partial charge is 0.378 e. The maximum atomic E-state index is 12.8. The lowest BCUT2D eigenvalue weighted by Gasteiger charge is -2.29. The number of nitrogens with zero attached hydrogens (tertiary/aromatic N) is 4. The topological polar surface area (TPSA) is 58.6 Å². The van der Waals surface area contributed by atoms with Gasteiger partial charge in [-0.15, -0.1) is 11.3 Å². The lowest BCUT2D eigenvalue weighted by molar-refractivity contribution is -0.127. The molecule has 3 heterocycles. The number of thiophene rings is 1. The average molecular weight is 457 g/mol. The first kappa shape index (κ1) is 22.0. The second-order valence-corrected chi connectivity index (χ2v) is 10.0. The van der Waals surface area contributed by atoms with Crippen LogP contribution in [-0.4, -0.2) is 59.9 Å². The minimum absolute atomic E-state index is 0.0938. The van der Waals surface area contributed by atoms with Crippen molar-refractivity contribution < 1.29 is 9.53 Å². The number of anilines is 1. The van der Waals surface area contributed by atoms with Crippen molar-refractivity contribution >= 4 is 44.9 Å². The Balaban J connectivity index is 1.37. The minimum Gasteiger partial charge on any atom is -0.378 e. The Labute approximate surface area is 191 Å². The summed E-state index contributed by atoms with van der Waals surface area (Å²) in [5, 5.41) is 1.99. The number of fused-ring (bicyclic) bond motifs is 1. The van der Waals surface area contributed by atoms with E-state index in [1.165, 1.54) is 27.9 Å². The number of benzene rings is 1. The van der Waals surface area contributed by atoms with Crippen molar-refractivity contribution in [2.75, 3.05) is 44.0 Å². The summed E-state index contributed by atoms with van der Waals surface area (Å²) in [5.41, 5.74) is 3.55. The highest BCUT2D eigenvalue weighted by Gasteiger charge is 2.17. The molecule has 0 unspecified atom stereocenters. The SMILES string of the molecule is Cc1nc(SCC(=O)N(C)Cc2ccc(N3CCOCC3)cc2)c2c(C)c(C)sc2n1. The number of aryl methyl sites for hydroxylation is 3. The zero-order valence-electron chi connectivity index (χ0n) is 18.5. The van der Waals surface area contributed by atoms with Gasteiger partial charge >= 0.3 is 0 Å². The number of morpholine rings is 1. The summed E-state index contributed by atoms with van der Waals surface area (Å²) >= 11 is 3.20. The molecule has 0 aliphatic carbocycles. The molecule has 0 atom stereocenters. The van der Waals surface area contributed by atoms with Crippen molar-refractivity contribution in [3.63, 3.8) is 0 Å². The van der Waals surface area contributed by atoms with E-state index < -0.39 is 0 Å². The van der Waals surface area contributed by atoms with Crippen molar-refractivity contribution in [2.24, 2.45) is 0 Å². The summed E-state index contributed by atoms with van der Waals surface area (Å²) in [5.74, 6) is 1.20. The predicted molar refractivity (Wildman–Crippen MR) is 128 cm³/mol. The number of thioether (sulfide) groups is 1. The molecular weight excluding hydrogens is 428 g/mol. The number of hydrogen-bond donors (Lipinski definition) is 0. The summed E-state index contributed by atoms with van der Waals surface area (Å²) in [6, 6.07) is 8.48. The van der Waals surface area contributed by atoms with Crippen molar-refractivity contribution in [2.45, 2.75) is 32.3 Å². The van der Waals surface area contributed by atoms with Crippen LogP contribution in [0.5, 0.6) is 0 Å². The van der Waals surface area contributed by atoms with Crippen LogP contribution in [0.2, 0.25) is 0 Å². The highest BCUT2D eigenvalue weighted by molar-refractivity contribution is 8.00. The third-order valence-electron chi connectivity index (χ3n) is 5.60. The summed E-state index contributed by atoms with van der Waals surface area (Å²) in [6.45, 7) is 10.1. The van der Waals surface area contributed by atoms with Gasteiger partial charge < -0.3 is 14.5 Å². The van der Waals surface area contributed by atoms with E-state index in [4.69, 9.17) is 4.74 Å². The molecule has 6 nitrogen and oxygen atoms in total. The number of aromatic nitrogens is 2. The fourth-order valence-corrected chi connectivity index (χ4v) is 5.87. The van der Waals surface area contributed by atoms with Crippen LogP contribution in [0.15, 0.2) is 29.3 Å².